The minimum atomic E-state index is -3.14. The van der Waals surface area contributed by atoms with E-state index in [0.717, 1.165) is 18.3 Å². The zero-order valence-corrected chi connectivity index (χ0v) is 25.5. The Morgan fingerprint density at radius 1 is 1.00 bits per heavy atom. The molecule has 0 saturated carbocycles. The van der Waals surface area contributed by atoms with Crippen LogP contribution in [0, 0.1) is 17.8 Å². The Hall–Kier alpha value is -3.85. The molecule has 1 aromatic rings. The van der Waals surface area contributed by atoms with Crippen LogP contribution in [0.4, 0.5) is 4.39 Å². The molecule has 5 atom stereocenters. The number of halogens is 1. The van der Waals surface area contributed by atoms with Crippen molar-refractivity contribution in [3.63, 3.8) is 0 Å². The van der Waals surface area contributed by atoms with Gasteiger partial charge in [0.05, 0.1) is 11.8 Å². The number of hydrogen-bond acceptors (Lipinski definition) is 12. The summed E-state index contributed by atoms with van der Waals surface area (Å²) in [6.45, 7) is 10.5. The molecular weight excluding hydrogens is 573 g/mol. The molecule has 0 radical (unpaired) electrons. The highest BCUT2D eigenvalue weighted by molar-refractivity contribution is 5.82. The van der Waals surface area contributed by atoms with Crippen molar-refractivity contribution in [2.75, 3.05) is 6.61 Å². The van der Waals surface area contributed by atoms with Crippen molar-refractivity contribution in [2.45, 2.75) is 92.5 Å². The Labute approximate surface area is 247 Å². The van der Waals surface area contributed by atoms with Crippen molar-refractivity contribution in [1.29, 1.82) is 0 Å². The maximum atomic E-state index is 16.7. The van der Waals surface area contributed by atoms with Crippen LogP contribution in [0.3, 0.4) is 0 Å². The number of carbonyl (C=O) groups excluding carboxylic acids is 4. The number of ether oxygens (including phenoxy) is 5. The van der Waals surface area contributed by atoms with Crippen LogP contribution in [-0.4, -0.2) is 63.7 Å². The summed E-state index contributed by atoms with van der Waals surface area (Å²) in [6.07, 6.45) is -3.56. The largest absolute Gasteiger partial charge is 0.458 e. The molecule has 0 unspecified atom stereocenters. The molecule has 1 saturated heterocycles. The molecule has 2 N–H and O–H groups in total. The van der Waals surface area contributed by atoms with Gasteiger partial charge in [-0.25, -0.2) is 18.5 Å². The van der Waals surface area contributed by atoms with E-state index < -0.39 is 90.6 Å². The van der Waals surface area contributed by atoms with E-state index in [0.29, 0.717) is 14.7 Å². The van der Waals surface area contributed by atoms with Gasteiger partial charge in [0, 0.05) is 18.3 Å². The molecule has 0 bridgehead atoms. The highest BCUT2D eigenvalue weighted by Crippen LogP contribution is 2.42. The number of esters is 4. The highest BCUT2D eigenvalue weighted by atomic mass is 19.2. The van der Waals surface area contributed by atoms with Crippen LogP contribution in [0.2, 0.25) is 0 Å². The van der Waals surface area contributed by atoms with Crippen LogP contribution >= 0.6 is 0 Å². The smallest absolute Gasteiger partial charge is 0.336 e. The van der Waals surface area contributed by atoms with Gasteiger partial charge in [-0.3, -0.25) is 23.7 Å². The van der Waals surface area contributed by atoms with E-state index >= 15 is 4.39 Å². The van der Waals surface area contributed by atoms with Crippen LogP contribution < -0.4 is 17.0 Å². The third-order valence-electron chi connectivity index (χ3n) is 6.27. The molecule has 43 heavy (non-hydrogen) atoms. The van der Waals surface area contributed by atoms with Crippen molar-refractivity contribution in [2.24, 2.45) is 23.5 Å². The van der Waals surface area contributed by atoms with Crippen molar-refractivity contribution in [3.05, 3.63) is 44.8 Å². The molecule has 1 aliphatic heterocycles. The zero-order valence-electron chi connectivity index (χ0n) is 25.5. The average molecular weight is 614 g/mol. The second-order valence-corrected chi connectivity index (χ2v) is 11.3. The van der Waals surface area contributed by atoms with Gasteiger partial charge in [0.1, 0.15) is 6.04 Å². The molecule has 2 heterocycles. The van der Waals surface area contributed by atoms with Crippen LogP contribution in [0.15, 0.2) is 33.5 Å². The summed E-state index contributed by atoms with van der Waals surface area (Å²) in [5.74, 6) is -8.57. The lowest BCUT2D eigenvalue weighted by atomic mass is 10.1. The lowest BCUT2D eigenvalue weighted by Crippen LogP contribution is -2.50. The monoisotopic (exact) mass is 613 g/mol. The van der Waals surface area contributed by atoms with E-state index in [2.05, 4.69) is 0 Å². The van der Waals surface area contributed by atoms with Crippen LogP contribution in [-0.2, 0) is 49.6 Å². The first-order chi connectivity index (χ1) is 19.9. The van der Waals surface area contributed by atoms with Gasteiger partial charge in [0.25, 0.3) is 11.4 Å². The molecule has 1 fully saturated rings. The topological polar surface area (TPSA) is 184 Å². The molecule has 0 spiro atoms. The van der Waals surface area contributed by atoms with Crippen molar-refractivity contribution in [1.82, 2.24) is 9.13 Å². The molecule has 1 aromatic heterocycles. The molecule has 2 rings (SSSR count). The number of nitrogens with two attached hydrogens (primary N) is 1. The Bertz CT molecular complexity index is 1350. The molecule has 240 valence electrons. The van der Waals surface area contributed by atoms with Gasteiger partial charge < -0.3 is 29.4 Å². The summed E-state index contributed by atoms with van der Waals surface area (Å²) in [5.41, 5.74) is 4.41. The Morgan fingerprint density at radius 3 is 2.12 bits per heavy atom. The maximum Gasteiger partial charge on any atom is 0.336 e. The fraction of sp³-hybridized carbons (Fsp3) is 0.643. The Balaban J connectivity index is 2.63. The number of rotatable bonds is 12. The van der Waals surface area contributed by atoms with Gasteiger partial charge in [-0.15, -0.1) is 0 Å². The van der Waals surface area contributed by atoms with Gasteiger partial charge in [-0.05, 0) is 19.8 Å². The Kier molecular flexibility index (Phi) is 12.0. The highest BCUT2D eigenvalue weighted by Gasteiger charge is 2.62. The summed E-state index contributed by atoms with van der Waals surface area (Å²) in [7, 11) is 0. The van der Waals surface area contributed by atoms with E-state index in [1.165, 1.54) is 27.7 Å². The molecule has 0 aromatic carbocycles. The Morgan fingerprint density at radius 2 is 1.58 bits per heavy atom. The van der Waals surface area contributed by atoms with Crippen LogP contribution in [0.25, 0.3) is 0 Å². The number of nitrogens with zero attached hydrogens (tertiary/aromatic N) is 2. The van der Waals surface area contributed by atoms with Gasteiger partial charge >= 0.3 is 29.6 Å². The molecule has 15 heteroatoms. The second-order valence-electron chi connectivity index (χ2n) is 11.3. The summed E-state index contributed by atoms with van der Waals surface area (Å²) in [5, 5.41) is 0. The summed E-state index contributed by atoms with van der Waals surface area (Å²) >= 11 is 0. The molecule has 0 aliphatic carbocycles. The van der Waals surface area contributed by atoms with Crippen LogP contribution in [0.5, 0.6) is 0 Å². The summed E-state index contributed by atoms with van der Waals surface area (Å²) in [4.78, 5) is 75.7. The SMILES string of the molecule is CC(C)=CC(=O)OCn1c(=O)ccn([C@@H]2O[C@](F)(COC(=O)[C@@H](N)C(C)C)[C@@H](OC(=O)C(C)C)[C@H]2OC(=O)C(C)C)c1=O. The quantitative estimate of drug-likeness (QED) is 0.203. The fourth-order valence-corrected chi connectivity index (χ4v) is 3.65. The van der Waals surface area contributed by atoms with E-state index in [1.54, 1.807) is 27.7 Å². The standard InChI is InChI=1S/C28H40FN3O11/c1-14(2)11-19(34)40-13-32-18(33)9-10-31(27(32)38)23-21(41-24(35)16(5)6)22(42-25(36)17(7)8)28(29,43-23)12-39-26(37)20(30)15(3)4/h9-11,15-17,20-23H,12-13,30H2,1-8H3/t20-,21+,22-,23+,28+/m0/s1. The summed E-state index contributed by atoms with van der Waals surface area (Å²) < 4.78 is 44.4. The third kappa shape index (κ3) is 8.83. The maximum absolute atomic E-state index is 16.7. The fourth-order valence-electron chi connectivity index (χ4n) is 3.65. The van der Waals surface area contributed by atoms with Gasteiger partial charge in [0.15, 0.2) is 25.7 Å². The molecular formula is C28H40FN3O11. The number of hydrogen-bond donors (Lipinski definition) is 1. The first-order valence-corrected chi connectivity index (χ1v) is 13.7. The van der Waals surface area contributed by atoms with Crippen molar-refractivity contribution in [3.8, 4) is 0 Å². The summed E-state index contributed by atoms with van der Waals surface area (Å²) in [6, 6.07) is -0.206. The van der Waals surface area contributed by atoms with Gasteiger partial charge in [-0.2, -0.15) is 0 Å². The minimum absolute atomic E-state index is 0.361. The first kappa shape index (κ1) is 35.3. The number of allylic oxidation sites excluding steroid dienone is 1. The minimum Gasteiger partial charge on any atom is -0.458 e. The van der Waals surface area contributed by atoms with Gasteiger partial charge in [0.2, 0.25) is 6.10 Å². The molecule has 0 amide bonds. The number of alkyl halides is 1. The predicted molar refractivity (Wildman–Crippen MR) is 148 cm³/mol. The predicted octanol–water partition coefficient (Wildman–Crippen LogP) is 1.33. The van der Waals surface area contributed by atoms with Crippen molar-refractivity contribution >= 4 is 23.9 Å². The zero-order chi connectivity index (χ0) is 32.8. The number of aromatic nitrogens is 2. The van der Waals surface area contributed by atoms with Crippen molar-refractivity contribution < 1.29 is 47.3 Å². The van der Waals surface area contributed by atoms with Crippen LogP contribution in [0.1, 0.15) is 61.6 Å². The van der Waals surface area contributed by atoms with Gasteiger partial charge in [-0.1, -0.05) is 47.1 Å². The molecule has 14 nitrogen and oxygen atoms in total. The first-order valence-electron chi connectivity index (χ1n) is 13.7. The number of carbonyl (C=O) groups is 4. The molecule has 1 aliphatic rings. The van der Waals surface area contributed by atoms with E-state index in [1.807, 2.05) is 0 Å². The van der Waals surface area contributed by atoms with E-state index in [4.69, 9.17) is 29.4 Å². The normalized spacial score (nSPS) is 22.3. The lowest BCUT2D eigenvalue weighted by molar-refractivity contribution is -0.226. The second kappa shape index (κ2) is 14.6. The van der Waals surface area contributed by atoms with E-state index in [-0.39, 0.29) is 5.92 Å². The lowest BCUT2D eigenvalue weighted by Gasteiger charge is -2.28. The average Bonchev–Trinajstić information content (AvgIpc) is 3.16. The van der Waals surface area contributed by atoms with E-state index in [9.17, 15) is 28.8 Å². The third-order valence-corrected chi connectivity index (χ3v) is 6.27.